The summed E-state index contributed by atoms with van der Waals surface area (Å²) in [4.78, 5) is 0. The molecule has 15 heavy (non-hydrogen) atoms. The summed E-state index contributed by atoms with van der Waals surface area (Å²) in [7, 11) is 0. The number of hydrogen-bond acceptors (Lipinski definition) is 1. The minimum Gasteiger partial charge on any atom is -0.315 e. The molecule has 3 unspecified atom stereocenters. The van der Waals surface area contributed by atoms with E-state index < -0.39 is 0 Å². The molecule has 0 radical (unpaired) electrons. The van der Waals surface area contributed by atoms with Gasteiger partial charge < -0.3 is 5.32 Å². The van der Waals surface area contributed by atoms with Crippen molar-refractivity contribution in [1.82, 2.24) is 5.32 Å². The van der Waals surface area contributed by atoms with E-state index in [-0.39, 0.29) is 0 Å². The lowest BCUT2D eigenvalue weighted by atomic mass is 9.91. The molecule has 1 N–H and O–H groups in total. The summed E-state index contributed by atoms with van der Waals surface area (Å²) in [6, 6.07) is 0.687. The molecule has 0 saturated carbocycles. The Balaban J connectivity index is 3.51. The SMILES string of the molecule is CCCC(C)CCC(C)CC(C)NCC. The zero-order valence-electron chi connectivity index (χ0n) is 11.5. The summed E-state index contributed by atoms with van der Waals surface area (Å²) in [6.07, 6.45) is 6.87. The third kappa shape index (κ3) is 8.92. The van der Waals surface area contributed by atoms with Crippen LogP contribution in [-0.4, -0.2) is 12.6 Å². The molecular formula is C14H31N. The lowest BCUT2D eigenvalue weighted by Gasteiger charge is -2.19. The quantitative estimate of drug-likeness (QED) is 0.604. The number of nitrogens with one attached hydrogen (secondary N) is 1. The second-order valence-electron chi connectivity index (χ2n) is 5.27. The molecule has 0 aromatic rings. The van der Waals surface area contributed by atoms with Crippen LogP contribution in [-0.2, 0) is 0 Å². The van der Waals surface area contributed by atoms with Crippen molar-refractivity contribution in [3.05, 3.63) is 0 Å². The molecule has 1 heteroatoms. The zero-order valence-corrected chi connectivity index (χ0v) is 11.5. The van der Waals surface area contributed by atoms with Crippen molar-refractivity contribution in [1.29, 1.82) is 0 Å². The highest BCUT2D eigenvalue weighted by Gasteiger charge is 2.09. The van der Waals surface area contributed by atoms with Gasteiger partial charge in [0.05, 0.1) is 0 Å². The van der Waals surface area contributed by atoms with Gasteiger partial charge in [-0.2, -0.15) is 0 Å². The Labute approximate surface area is 97.0 Å². The first kappa shape index (κ1) is 15.0. The number of hydrogen-bond donors (Lipinski definition) is 1. The van der Waals surface area contributed by atoms with Gasteiger partial charge in [-0.15, -0.1) is 0 Å². The Morgan fingerprint density at radius 3 is 2.00 bits per heavy atom. The summed E-state index contributed by atoms with van der Waals surface area (Å²) in [6.45, 7) is 12.7. The minimum absolute atomic E-state index is 0.687. The van der Waals surface area contributed by atoms with Gasteiger partial charge in [0.25, 0.3) is 0 Å². The van der Waals surface area contributed by atoms with Crippen molar-refractivity contribution < 1.29 is 0 Å². The molecule has 0 aliphatic rings. The maximum absolute atomic E-state index is 3.49. The normalized spacial score (nSPS) is 17.4. The van der Waals surface area contributed by atoms with Crippen LogP contribution in [0.5, 0.6) is 0 Å². The summed E-state index contributed by atoms with van der Waals surface area (Å²) in [5.74, 6) is 1.80. The van der Waals surface area contributed by atoms with E-state index in [4.69, 9.17) is 0 Å². The first-order valence-corrected chi connectivity index (χ1v) is 6.83. The lowest BCUT2D eigenvalue weighted by Crippen LogP contribution is -2.27. The Morgan fingerprint density at radius 1 is 0.867 bits per heavy atom. The van der Waals surface area contributed by atoms with E-state index in [2.05, 4.69) is 39.9 Å². The predicted molar refractivity (Wildman–Crippen MR) is 70.2 cm³/mol. The highest BCUT2D eigenvalue weighted by atomic mass is 14.9. The van der Waals surface area contributed by atoms with Crippen molar-refractivity contribution in [2.24, 2.45) is 11.8 Å². The monoisotopic (exact) mass is 213 g/mol. The van der Waals surface area contributed by atoms with Gasteiger partial charge >= 0.3 is 0 Å². The predicted octanol–water partition coefficient (Wildman–Crippen LogP) is 4.23. The molecule has 92 valence electrons. The van der Waals surface area contributed by atoms with Crippen LogP contribution in [0.4, 0.5) is 0 Å². The second-order valence-corrected chi connectivity index (χ2v) is 5.27. The molecule has 0 saturated heterocycles. The smallest absolute Gasteiger partial charge is 0.00411 e. The van der Waals surface area contributed by atoms with Crippen LogP contribution in [0.2, 0.25) is 0 Å². The van der Waals surface area contributed by atoms with Crippen LogP contribution in [0.25, 0.3) is 0 Å². The topological polar surface area (TPSA) is 12.0 Å². The third-order valence-electron chi connectivity index (χ3n) is 3.24. The van der Waals surface area contributed by atoms with Crippen LogP contribution < -0.4 is 5.32 Å². The molecule has 0 fully saturated rings. The summed E-state index contributed by atoms with van der Waals surface area (Å²) in [5.41, 5.74) is 0. The first-order chi connectivity index (χ1) is 7.10. The molecule has 0 rings (SSSR count). The van der Waals surface area contributed by atoms with Crippen molar-refractivity contribution in [2.75, 3.05) is 6.54 Å². The largest absolute Gasteiger partial charge is 0.315 e. The van der Waals surface area contributed by atoms with E-state index in [1.54, 1.807) is 0 Å². The van der Waals surface area contributed by atoms with E-state index >= 15 is 0 Å². The number of rotatable bonds is 9. The Bertz CT molecular complexity index is 133. The van der Waals surface area contributed by atoms with Crippen molar-refractivity contribution in [2.45, 2.75) is 72.8 Å². The summed E-state index contributed by atoms with van der Waals surface area (Å²) in [5, 5.41) is 3.49. The zero-order chi connectivity index (χ0) is 11.7. The molecule has 3 atom stereocenters. The van der Waals surface area contributed by atoms with Crippen LogP contribution in [0.3, 0.4) is 0 Å². The summed E-state index contributed by atoms with van der Waals surface area (Å²) >= 11 is 0. The van der Waals surface area contributed by atoms with E-state index in [0.717, 1.165) is 18.4 Å². The van der Waals surface area contributed by atoms with Crippen molar-refractivity contribution >= 4 is 0 Å². The van der Waals surface area contributed by atoms with Gasteiger partial charge in [-0.1, -0.05) is 53.4 Å². The Kier molecular flexibility index (Phi) is 9.18. The van der Waals surface area contributed by atoms with Crippen molar-refractivity contribution in [3.63, 3.8) is 0 Å². The molecular weight excluding hydrogens is 182 g/mol. The van der Waals surface area contributed by atoms with E-state index in [1.165, 1.54) is 32.1 Å². The van der Waals surface area contributed by atoms with E-state index in [0.29, 0.717) is 6.04 Å². The standard InChI is InChI=1S/C14H31N/c1-6-8-12(3)9-10-13(4)11-14(5)15-7-2/h12-15H,6-11H2,1-5H3. The third-order valence-corrected chi connectivity index (χ3v) is 3.24. The molecule has 1 nitrogen and oxygen atoms in total. The van der Waals surface area contributed by atoms with Gasteiger partial charge in [0, 0.05) is 6.04 Å². The highest BCUT2D eigenvalue weighted by Crippen LogP contribution is 2.19. The lowest BCUT2D eigenvalue weighted by molar-refractivity contribution is 0.362. The van der Waals surface area contributed by atoms with Gasteiger partial charge in [-0.25, -0.2) is 0 Å². The van der Waals surface area contributed by atoms with Gasteiger partial charge in [0.15, 0.2) is 0 Å². The van der Waals surface area contributed by atoms with E-state index in [1.807, 2.05) is 0 Å². The second kappa shape index (κ2) is 9.21. The fourth-order valence-electron chi connectivity index (χ4n) is 2.36. The average molecular weight is 213 g/mol. The molecule has 0 aliphatic heterocycles. The molecule has 0 aromatic carbocycles. The van der Waals surface area contributed by atoms with E-state index in [9.17, 15) is 0 Å². The van der Waals surface area contributed by atoms with Gasteiger partial charge in [0.1, 0.15) is 0 Å². The minimum atomic E-state index is 0.687. The molecule has 0 heterocycles. The molecule has 0 aliphatic carbocycles. The van der Waals surface area contributed by atoms with Crippen LogP contribution in [0.15, 0.2) is 0 Å². The van der Waals surface area contributed by atoms with Crippen LogP contribution in [0.1, 0.15) is 66.7 Å². The molecule has 0 amide bonds. The average Bonchev–Trinajstić information content (AvgIpc) is 2.15. The fraction of sp³-hybridized carbons (Fsp3) is 1.00. The molecule has 0 aromatic heterocycles. The molecule has 0 spiro atoms. The summed E-state index contributed by atoms with van der Waals surface area (Å²) < 4.78 is 0. The Morgan fingerprint density at radius 2 is 1.47 bits per heavy atom. The fourth-order valence-corrected chi connectivity index (χ4v) is 2.36. The maximum atomic E-state index is 3.49. The van der Waals surface area contributed by atoms with Gasteiger partial charge in [-0.05, 0) is 31.7 Å². The Hall–Kier alpha value is -0.0400. The van der Waals surface area contributed by atoms with Crippen LogP contribution in [0, 0.1) is 11.8 Å². The highest BCUT2D eigenvalue weighted by molar-refractivity contribution is 4.65. The van der Waals surface area contributed by atoms with Crippen molar-refractivity contribution in [3.8, 4) is 0 Å². The maximum Gasteiger partial charge on any atom is 0.00411 e. The van der Waals surface area contributed by atoms with Gasteiger partial charge in [-0.3, -0.25) is 0 Å². The van der Waals surface area contributed by atoms with Gasteiger partial charge in [0.2, 0.25) is 0 Å². The molecule has 0 bridgehead atoms. The van der Waals surface area contributed by atoms with Crippen LogP contribution >= 0.6 is 0 Å². The first-order valence-electron chi connectivity index (χ1n) is 6.83.